The Morgan fingerprint density at radius 2 is 1.72 bits per heavy atom. The first kappa shape index (κ1) is 22.0. The fourth-order valence-corrected chi connectivity index (χ4v) is 5.21. The maximum Gasteiger partial charge on any atom is 0.258 e. The summed E-state index contributed by atoms with van der Waals surface area (Å²) in [7, 11) is 0. The summed E-state index contributed by atoms with van der Waals surface area (Å²) in [6.07, 6.45) is 0. The second kappa shape index (κ2) is 9.50. The van der Waals surface area contributed by atoms with Crippen molar-refractivity contribution in [1.29, 1.82) is 0 Å². The van der Waals surface area contributed by atoms with Gasteiger partial charge in [0.15, 0.2) is 4.34 Å². The van der Waals surface area contributed by atoms with Crippen molar-refractivity contribution in [3.05, 3.63) is 83.7 Å². The van der Waals surface area contributed by atoms with Crippen LogP contribution in [0.15, 0.2) is 71.1 Å². The molecule has 4 rings (SSSR count). The van der Waals surface area contributed by atoms with Crippen molar-refractivity contribution >= 4 is 56.5 Å². The molecule has 0 spiro atoms. The maximum absolute atomic E-state index is 13.8. The number of thiazole rings is 1. The van der Waals surface area contributed by atoms with Gasteiger partial charge >= 0.3 is 0 Å². The number of hydrogen-bond donors (Lipinski definition) is 2. The number of carbonyl (C=O) groups excluding carboxylic acids is 2. The molecular formula is C24H20FN3O2S2. The quantitative estimate of drug-likeness (QED) is 0.337. The number of benzene rings is 3. The Bertz CT molecular complexity index is 1290. The molecule has 3 aromatic carbocycles. The van der Waals surface area contributed by atoms with Crippen LogP contribution >= 0.6 is 23.1 Å². The molecule has 2 N–H and O–H groups in total. The monoisotopic (exact) mass is 465 g/mol. The predicted molar refractivity (Wildman–Crippen MR) is 129 cm³/mol. The SMILES string of the molecule is Cc1ccc(NC(=O)[C@@H](C)Sc2nc3ccc(NC(=O)c4ccccc4F)cc3s2)cc1. The third-order valence-corrected chi connectivity index (χ3v) is 6.92. The van der Waals surface area contributed by atoms with E-state index in [1.165, 1.54) is 41.3 Å². The zero-order valence-electron chi connectivity index (χ0n) is 17.4. The molecule has 0 aliphatic rings. The van der Waals surface area contributed by atoms with Gasteiger partial charge < -0.3 is 10.6 Å². The molecule has 8 heteroatoms. The number of nitrogens with zero attached hydrogens (tertiary/aromatic N) is 1. The summed E-state index contributed by atoms with van der Waals surface area (Å²) >= 11 is 2.81. The summed E-state index contributed by atoms with van der Waals surface area (Å²) in [4.78, 5) is 29.4. The van der Waals surface area contributed by atoms with Gasteiger partial charge in [-0.15, -0.1) is 11.3 Å². The lowest BCUT2D eigenvalue weighted by molar-refractivity contribution is -0.115. The Morgan fingerprint density at radius 3 is 2.47 bits per heavy atom. The van der Waals surface area contributed by atoms with E-state index in [9.17, 15) is 14.0 Å². The van der Waals surface area contributed by atoms with Gasteiger partial charge in [-0.3, -0.25) is 9.59 Å². The van der Waals surface area contributed by atoms with E-state index in [-0.39, 0.29) is 16.7 Å². The molecule has 2 amide bonds. The van der Waals surface area contributed by atoms with Gasteiger partial charge in [0.1, 0.15) is 5.82 Å². The zero-order valence-corrected chi connectivity index (χ0v) is 19.0. The van der Waals surface area contributed by atoms with E-state index in [4.69, 9.17) is 0 Å². The van der Waals surface area contributed by atoms with Gasteiger partial charge in [0.05, 0.1) is 21.0 Å². The number of aryl methyl sites for hydroxylation is 1. The van der Waals surface area contributed by atoms with Gasteiger partial charge in [0.25, 0.3) is 5.91 Å². The zero-order chi connectivity index (χ0) is 22.7. The third kappa shape index (κ3) is 5.15. The van der Waals surface area contributed by atoms with E-state index in [1.54, 1.807) is 24.3 Å². The van der Waals surface area contributed by atoms with Gasteiger partial charge in [-0.1, -0.05) is 41.6 Å². The largest absolute Gasteiger partial charge is 0.325 e. The molecule has 1 aromatic heterocycles. The molecular weight excluding hydrogens is 445 g/mol. The standard InChI is InChI=1S/C24H20FN3O2S2/c1-14-7-9-16(10-8-14)26-22(29)15(2)31-24-28-20-12-11-17(13-21(20)32-24)27-23(30)18-5-3-4-6-19(18)25/h3-13,15H,1-2H3,(H,26,29)(H,27,30)/t15-/m1/s1. The van der Waals surface area contributed by atoms with Crippen LogP contribution in [0.2, 0.25) is 0 Å². The number of amides is 2. The Kier molecular flexibility index (Phi) is 6.53. The molecule has 0 fully saturated rings. The Morgan fingerprint density at radius 1 is 1.00 bits per heavy atom. The number of thioether (sulfide) groups is 1. The van der Waals surface area contributed by atoms with E-state index in [2.05, 4.69) is 15.6 Å². The summed E-state index contributed by atoms with van der Waals surface area (Å²) in [6.45, 7) is 3.83. The van der Waals surface area contributed by atoms with Crippen LogP contribution in [0, 0.1) is 12.7 Å². The first-order chi connectivity index (χ1) is 15.4. The second-order valence-electron chi connectivity index (χ2n) is 7.21. The number of nitrogens with one attached hydrogen (secondary N) is 2. The average molecular weight is 466 g/mol. The molecule has 162 valence electrons. The summed E-state index contributed by atoms with van der Waals surface area (Å²) in [6, 6.07) is 18.8. The fraction of sp³-hybridized carbons (Fsp3) is 0.125. The van der Waals surface area contributed by atoms with Crippen LogP contribution in [0.1, 0.15) is 22.8 Å². The second-order valence-corrected chi connectivity index (χ2v) is 9.83. The van der Waals surface area contributed by atoms with Crippen molar-refractivity contribution < 1.29 is 14.0 Å². The number of hydrogen-bond acceptors (Lipinski definition) is 5. The molecule has 0 aliphatic heterocycles. The Balaban J connectivity index is 1.43. The van der Waals surface area contributed by atoms with E-state index in [0.717, 1.165) is 25.8 Å². The molecule has 0 aliphatic carbocycles. The van der Waals surface area contributed by atoms with Gasteiger partial charge in [-0.2, -0.15) is 0 Å². The van der Waals surface area contributed by atoms with Crippen LogP contribution in [-0.2, 0) is 4.79 Å². The number of fused-ring (bicyclic) bond motifs is 1. The van der Waals surface area contributed by atoms with E-state index in [1.807, 2.05) is 38.1 Å². The van der Waals surface area contributed by atoms with Gasteiger partial charge in [-0.05, 0) is 56.3 Å². The van der Waals surface area contributed by atoms with Crippen LogP contribution in [0.25, 0.3) is 10.2 Å². The lowest BCUT2D eigenvalue weighted by Gasteiger charge is -2.10. The highest BCUT2D eigenvalue weighted by molar-refractivity contribution is 8.02. The van der Waals surface area contributed by atoms with Crippen molar-refractivity contribution in [2.75, 3.05) is 10.6 Å². The van der Waals surface area contributed by atoms with Crippen LogP contribution in [0.4, 0.5) is 15.8 Å². The fourth-order valence-electron chi connectivity index (χ4n) is 2.96. The molecule has 0 bridgehead atoms. The Hall–Kier alpha value is -3.23. The highest BCUT2D eigenvalue weighted by atomic mass is 32.2. The van der Waals surface area contributed by atoms with E-state index >= 15 is 0 Å². The Labute approximate surface area is 193 Å². The number of aromatic nitrogens is 1. The van der Waals surface area contributed by atoms with Crippen LogP contribution in [0.3, 0.4) is 0 Å². The van der Waals surface area contributed by atoms with Crippen molar-refractivity contribution in [3.63, 3.8) is 0 Å². The summed E-state index contributed by atoms with van der Waals surface area (Å²) in [5.74, 6) is -1.18. The lowest BCUT2D eigenvalue weighted by atomic mass is 10.2. The van der Waals surface area contributed by atoms with Gasteiger partial charge in [0, 0.05) is 11.4 Å². The summed E-state index contributed by atoms with van der Waals surface area (Å²) in [5.41, 5.74) is 3.20. The topological polar surface area (TPSA) is 71.1 Å². The third-order valence-electron chi connectivity index (χ3n) is 4.71. The smallest absolute Gasteiger partial charge is 0.258 e. The van der Waals surface area contributed by atoms with Crippen molar-refractivity contribution in [3.8, 4) is 0 Å². The lowest BCUT2D eigenvalue weighted by Crippen LogP contribution is -2.22. The molecule has 5 nitrogen and oxygen atoms in total. The minimum absolute atomic E-state index is 0.0124. The van der Waals surface area contributed by atoms with Crippen molar-refractivity contribution in [2.45, 2.75) is 23.4 Å². The first-order valence-corrected chi connectivity index (χ1v) is 11.6. The van der Waals surface area contributed by atoms with E-state index < -0.39 is 11.7 Å². The van der Waals surface area contributed by atoms with Crippen LogP contribution in [-0.4, -0.2) is 22.0 Å². The van der Waals surface area contributed by atoms with Crippen LogP contribution < -0.4 is 10.6 Å². The highest BCUT2D eigenvalue weighted by Gasteiger charge is 2.18. The molecule has 1 heterocycles. The normalized spacial score (nSPS) is 11.8. The number of rotatable bonds is 6. The van der Waals surface area contributed by atoms with Crippen molar-refractivity contribution in [1.82, 2.24) is 4.98 Å². The molecule has 0 saturated carbocycles. The van der Waals surface area contributed by atoms with Gasteiger partial charge in [-0.25, -0.2) is 9.37 Å². The van der Waals surface area contributed by atoms with E-state index in [0.29, 0.717) is 5.69 Å². The first-order valence-electron chi connectivity index (χ1n) is 9.90. The minimum atomic E-state index is -0.569. The average Bonchev–Trinajstić information content (AvgIpc) is 3.17. The summed E-state index contributed by atoms with van der Waals surface area (Å²) < 4.78 is 15.5. The molecule has 1 atom stereocenters. The van der Waals surface area contributed by atoms with Gasteiger partial charge in [0.2, 0.25) is 5.91 Å². The molecule has 0 unspecified atom stereocenters. The molecule has 4 aromatic rings. The molecule has 32 heavy (non-hydrogen) atoms. The number of carbonyl (C=O) groups is 2. The number of anilines is 2. The number of halogens is 1. The highest BCUT2D eigenvalue weighted by Crippen LogP contribution is 2.34. The summed E-state index contributed by atoms with van der Waals surface area (Å²) in [5, 5.41) is 5.30. The van der Waals surface area contributed by atoms with Crippen LogP contribution in [0.5, 0.6) is 0 Å². The molecule has 0 radical (unpaired) electrons. The predicted octanol–water partition coefficient (Wildman–Crippen LogP) is 6.12. The minimum Gasteiger partial charge on any atom is -0.325 e. The van der Waals surface area contributed by atoms with Crippen molar-refractivity contribution in [2.24, 2.45) is 0 Å². The molecule has 0 saturated heterocycles. The maximum atomic E-state index is 13.8.